The van der Waals surface area contributed by atoms with Gasteiger partial charge in [-0.25, -0.2) is 8.42 Å². The van der Waals surface area contributed by atoms with Gasteiger partial charge in [-0.2, -0.15) is 4.72 Å². The van der Waals surface area contributed by atoms with Crippen LogP contribution in [0.2, 0.25) is 0 Å². The van der Waals surface area contributed by atoms with Crippen molar-refractivity contribution in [2.45, 2.75) is 64.4 Å². The molecule has 1 aromatic rings. The Balaban J connectivity index is 2.88. The molecule has 2 atom stereocenters. The van der Waals surface area contributed by atoms with Crippen LogP contribution < -0.4 is 10.0 Å². The number of carbonyl (C=O) groups excluding carboxylic acids is 2. The van der Waals surface area contributed by atoms with Crippen molar-refractivity contribution in [1.82, 2.24) is 10.0 Å². The van der Waals surface area contributed by atoms with Crippen LogP contribution in [0.15, 0.2) is 29.2 Å². The lowest BCUT2D eigenvalue weighted by atomic mass is 10.0. The molecule has 0 aliphatic carbocycles. The zero-order valence-corrected chi connectivity index (χ0v) is 17.0. The van der Waals surface area contributed by atoms with Crippen molar-refractivity contribution >= 4 is 22.2 Å². The summed E-state index contributed by atoms with van der Waals surface area (Å²) in [5.74, 6) is -0.348. The van der Waals surface area contributed by atoms with Crippen molar-refractivity contribution in [3.63, 3.8) is 0 Å². The molecule has 1 rings (SSSR count). The first-order valence-corrected chi connectivity index (χ1v) is 10.4. The van der Waals surface area contributed by atoms with Crippen LogP contribution in [0, 0.1) is 18.8 Å². The molecule has 0 radical (unpaired) electrons. The number of aryl methyl sites for hydroxylation is 1. The lowest BCUT2D eigenvalue weighted by Gasteiger charge is -2.24. The van der Waals surface area contributed by atoms with Gasteiger partial charge in [-0.15, -0.1) is 0 Å². The number of carbonyl (C=O) groups is 2. The van der Waals surface area contributed by atoms with E-state index in [4.69, 9.17) is 0 Å². The predicted octanol–water partition coefficient (Wildman–Crippen LogP) is 2.42. The van der Waals surface area contributed by atoms with E-state index in [0.717, 1.165) is 12.0 Å². The van der Waals surface area contributed by atoms with E-state index in [1.54, 1.807) is 26.0 Å². The van der Waals surface area contributed by atoms with Gasteiger partial charge in [0.05, 0.1) is 10.9 Å². The standard InChI is InChI=1S/C19H30N2O4S/c1-13(2)6-9-16(12-22)20-19(23)18(14(3)4)21-26(24,25)17-10-7-15(5)8-11-17/h7-8,10-14,16,18,21H,6,9H2,1-5H3,(H,20,23)/t16-,18-/m1/s1. The summed E-state index contributed by atoms with van der Waals surface area (Å²) in [6.07, 6.45) is 2.03. The summed E-state index contributed by atoms with van der Waals surface area (Å²) >= 11 is 0. The number of hydrogen-bond donors (Lipinski definition) is 2. The van der Waals surface area contributed by atoms with E-state index in [0.29, 0.717) is 18.6 Å². The Labute approximate surface area is 156 Å². The van der Waals surface area contributed by atoms with E-state index in [2.05, 4.69) is 10.0 Å². The number of nitrogens with one attached hydrogen (secondary N) is 2. The highest BCUT2D eigenvalue weighted by Gasteiger charge is 2.29. The molecule has 7 heteroatoms. The van der Waals surface area contributed by atoms with Crippen LogP contribution >= 0.6 is 0 Å². The highest BCUT2D eigenvalue weighted by molar-refractivity contribution is 7.89. The van der Waals surface area contributed by atoms with Crippen molar-refractivity contribution in [3.8, 4) is 0 Å². The number of aldehydes is 1. The average molecular weight is 383 g/mol. The van der Waals surface area contributed by atoms with Gasteiger partial charge < -0.3 is 10.1 Å². The third kappa shape index (κ3) is 6.88. The SMILES string of the molecule is Cc1ccc(S(=O)(=O)N[C@@H](C(=O)N[C@@H](C=O)CCC(C)C)C(C)C)cc1. The topological polar surface area (TPSA) is 92.3 Å². The van der Waals surface area contributed by atoms with E-state index >= 15 is 0 Å². The molecule has 0 saturated heterocycles. The molecule has 0 spiro atoms. The first-order valence-electron chi connectivity index (χ1n) is 8.91. The second-order valence-corrected chi connectivity index (χ2v) is 9.09. The second-order valence-electron chi connectivity index (χ2n) is 7.38. The van der Waals surface area contributed by atoms with Gasteiger partial charge in [-0.3, -0.25) is 4.79 Å². The quantitative estimate of drug-likeness (QED) is 0.608. The van der Waals surface area contributed by atoms with Gasteiger partial charge in [0, 0.05) is 0 Å². The highest BCUT2D eigenvalue weighted by Crippen LogP contribution is 2.13. The second kappa shape index (κ2) is 9.83. The Kier molecular flexibility index (Phi) is 8.43. The summed E-state index contributed by atoms with van der Waals surface area (Å²) in [5.41, 5.74) is 0.945. The zero-order chi connectivity index (χ0) is 19.9. The van der Waals surface area contributed by atoms with Crippen LogP contribution in [-0.4, -0.2) is 32.7 Å². The van der Waals surface area contributed by atoms with Crippen molar-refractivity contribution in [1.29, 1.82) is 0 Å². The molecule has 26 heavy (non-hydrogen) atoms. The summed E-state index contributed by atoms with van der Waals surface area (Å²) in [5, 5.41) is 2.65. The van der Waals surface area contributed by atoms with Crippen molar-refractivity contribution < 1.29 is 18.0 Å². The zero-order valence-electron chi connectivity index (χ0n) is 16.2. The maximum Gasteiger partial charge on any atom is 0.241 e. The number of amides is 1. The fourth-order valence-corrected chi connectivity index (χ4v) is 3.75. The van der Waals surface area contributed by atoms with E-state index in [1.807, 2.05) is 20.8 Å². The Morgan fingerprint density at radius 3 is 2.12 bits per heavy atom. The van der Waals surface area contributed by atoms with Crippen LogP contribution in [0.25, 0.3) is 0 Å². The fraction of sp³-hybridized carbons (Fsp3) is 0.579. The van der Waals surface area contributed by atoms with Gasteiger partial charge in [0.15, 0.2) is 0 Å². The largest absolute Gasteiger partial charge is 0.345 e. The van der Waals surface area contributed by atoms with Gasteiger partial charge >= 0.3 is 0 Å². The van der Waals surface area contributed by atoms with E-state index in [9.17, 15) is 18.0 Å². The molecule has 0 saturated carbocycles. The molecule has 0 fully saturated rings. The molecule has 6 nitrogen and oxygen atoms in total. The van der Waals surface area contributed by atoms with Gasteiger partial charge in [0.25, 0.3) is 0 Å². The first kappa shape index (κ1) is 22.3. The molecule has 1 amide bonds. The van der Waals surface area contributed by atoms with Crippen molar-refractivity contribution in [2.24, 2.45) is 11.8 Å². The Morgan fingerprint density at radius 1 is 1.08 bits per heavy atom. The summed E-state index contributed by atoms with van der Waals surface area (Å²) in [6, 6.07) is 4.84. The lowest BCUT2D eigenvalue weighted by molar-refractivity contribution is -0.126. The maximum absolute atomic E-state index is 12.6. The molecule has 0 unspecified atom stereocenters. The van der Waals surface area contributed by atoms with Crippen LogP contribution in [0.3, 0.4) is 0 Å². The summed E-state index contributed by atoms with van der Waals surface area (Å²) in [7, 11) is -3.83. The van der Waals surface area contributed by atoms with Crippen molar-refractivity contribution in [2.75, 3.05) is 0 Å². The number of sulfonamides is 1. The third-order valence-corrected chi connectivity index (χ3v) is 5.57. The van der Waals surface area contributed by atoms with Crippen molar-refractivity contribution in [3.05, 3.63) is 29.8 Å². The smallest absolute Gasteiger partial charge is 0.241 e. The predicted molar refractivity (Wildman–Crippen MR) is 102 cm³/mol. The Bertz CT molecular complexity index is 697. The summed E-state index contributed by atoms with van der Waals surface area (Å²) in [4.78, 5) is 23.9. The molecular weight excluding hydrogens is 352 g/mol. The number of hydrogen-bond acceptors (Lipinski definition) is 4. The fourth-order valence-electron chi connectivity index (χ4n) is 2.40. The lowest BCUT2D eigenvalue weighted by Crippen LogP contribution is -2.52. The van der Waals surface area contributed by atoms with Crippen LogP contribution in [0.4, 0.5) is 0 Å². The molecule has 0 heterocycles. The minimum atomic E-state index is -3.83. The first-order chi connectivity index (χ1) is 12.1. The Hall–Kier alpha value is -1.73. The minimum Gasteiger partial charge on any atom is -0.345 e. The minimum absolute atomic E-state index is 0.105. The summed E-state index contributed by atoms with van der Waals surface area (Å²) in [6.45, 7) is 9.45. The normalized spacial score (nSPS) is 14.3. The van der Waals surface area contributed by atoms with Gasteiger partial charge in [0.2, 0.25) is 15.9 Å². The third-order valence-electron chi connectivity index (χ3n) is 4.11. The summed E-state index contributed by atoms with van der Waals surface area (Å²) < 4.78 is 27.6. The van der Waals surface area contributed by atoms with Gasteiger partial charge in [-0.1, -0.05) is 45.4 Å². The molecular formula is C19H30N2O4S. The van der Waals surface area contributed by atoms with Gasteiger partial charge in [0.1, 0.15) is 12.3 Å². The molecule has 146 valence electrons. The van der Waals surface area contributed by atoms with E-state index in [1.165, 1.54) is 12.1 Å². The molecule has 0 aliphatic heterocycles. The molecule has 2 N–H and O–H groups in total. The van der Waals surface area contributed by atoms with Crippen LogP contribution in [0.1, 0.15) is 46.1 Å². The van der Waals surface area contributed by atoms with Crippen LogP contribution in [-0.2, 0) is 19.6 Å². The number of rotatable bonds is 10. The Morgan fingerprint density at radius 2 is 1.65 bits per heavy atom. The maximum atomic E-state index is 12.6. The highest BCUT2D eigenvalue weighted by atomic mass is 32.2. The molecule has 1 aromatic carbocycles. The molecule has 0 bridgehead atoms. The van der Waals surface area contributed by atoms with Gasteiger partial charge in [-0.05, 0) is 43.7 Å². The monoisotopic (exact) mass is 382 g/mol. The molecule has 0 aliphatic rings. The van der Waals surface area contributed by atoms with Crippen LogP contribution in [0.5, 0.6) is 0 Å². The van der Waals surface area contributed by atoms with E-state index in [-0.39, 0.29) is 10.8 Å². The molecule has 0 aromatic heterocycles. The number of benzene rings is 1. The van der Waals surface area contributed by atoms with E-state index < -0.39 is 28.0 Å². The average Bonchev–Trinajstić information content (AvgIpc) is 2.56.